The Kier molecular flexibility index (Phi) is 7.08. The van der Waals surface area contributed by atoms with Crippen molar-refractivity contribution in [2.75, 3.05) is 20.1 Å². The van der Waals surface area contributed by atoms with Crippen LogP contribution in [0.25, 0.3) is 10.2 Å². The molecule has 1 amide bonds. The molecule has 0 unspecified atom stereocenters. The van der Waals surface area contributed by atoms with E-state index in [-0.39, 0.29) is 18.1 Å². The molecule has 1 aliphatic heterocycles. The van der Waals surface area contributed by atoms with Crippen molar-refractivity contribution >= 4 is 27.5 Å². The Morgan fingerprint density at radius 3 is 2.76 bits per heavy atom. The topological polar surface area (TPSA) is 87.6 Å². The zero-order valence-electron chi connectivity index (χ0n) is 19.6. The molecule has 3 heterocycles. The van der Waals surface area contributed by atoms with Gasteiger partial charge in [-0.15, -0.1) is 11.3 Å². The molecule has 2 fully saturated rings. The Morgan fingerprint density at radius 1 is 1.15 bits per heavy atom. The summed E-state index contributed by atoms with van der Waals surface area (Å²) in [5.74, 6) is 1.43. The lowest BCUT2D eigenvalue weighted by Crippen LogP contribution is -2.43. The second-order valence-electron chi connectivity index (χ2n) is 9.58. The summed E-state index contributed by atoms with van der Waals surface area (Å²) >= 11 is 1.66. The SMILES string of the molecule is CN1CCC(NC(=O)c2cc(Oc3ccc4nc(C[C@@H]5CCCC[C@H]5O)sc4c3)ccn2)CC1. The monoisotopic (exact) mass is 480 g/mol. The van der Waals surface area contributed by atoms with Gasteiger partial charge in [-0.2, -0.15) is 0 Å². The number of thiazole rings is 1. The molecule has 1 aromatic carbocycles. The minimum Gasteiger partial charge on any atom is -0.457 e. The van der Waals surface area contributed by atoms with E-state index in [4.69, 9.17) is 9.72 Å². The summed E-state index contributed by atoms with van der Waals surface area (Å²) in [5.41, 5.74) is 1.31. The van der Waals surface area contributed by atoms with E-state index in [2.05, 4.69) is 22.2 Å². The number of carbonyl (C=O) groups is 1. The number of carbonyl (C=O) groups excluding carboxylic acids is 1. The molecule has 0 spiro atoms. The average Bonchev–Trinajstić information content (AvgIpc) is 3.24. The number of hydrogen-bond donors (Lipinski definition) is 2. The fraction of sp³-hybridized carbons (Fsp3) is 0.500. The lowest BCUT2D eigenvalue weighted by Gasteiger charge is -2.29. The van der Waals surface area contributed by atoms with Gasteiger partial charge in [0.2, 0.25) is 0 Å². The van der Waals surface area contributed by atoms with E-state index in [9.17, 15) is 9.90 Å². The van der Waals surface area contributed by atoms with Crippen LogP contribution in [0.5, 0.6) is 11.5 Å². The van der Waals surface area contributed by atoms with Crippen molar-refractivity contribution in [1.82, 2.24) is 20.2 Å². The third kappa shape index (κ3) is 5.56. The molecule has 0 bridgehead atoms. The lowest BCUT2D eigenvalue weighted by atomic mass is 9.84. The first-order valence-electron chi connectivity index (χ1n) is 12.2. The summed E-state index contributed by atoms with van der Waals surface area (Å²) in [5, 5.41) is 14.5. The number of hydrogen-bond acceptors (Lipinski definition) is 7. The van der Waals surface area contributed by atoms with Crippen LogP contribution in [-0.2, 0) is 6.42 Å². The van der Waals surface area contributed by atoms with Crippen LogP contribution in [0.15, 0.2) is 36.5 Å². The molecule has 3 aromatic rings. The van der Waals surface area contributed by atoms with E-state index in [0.717, 1.165) is 66.8 Å². The number of rotatable bonds is 6. The molecule has 180 valence electrons. The second-order valence-corrected chi connectivity index (χ2v) is 10.7. The number of benzene rings is 1. The molecule has 0 radical (unpaired) electrons. The molecule has 5 rings (SSSR count). The number of ether oxygens (including phenoxy) is 1. The Labute approximate surface area is 204 Å². The van der Waals surface area contributed by atoms with Gasteiger partial charge in [0.15, 0.2) is 0 Å². The molecule has 2 N–H and O–H groups in total. The molecule has 1 saturated heterocycles. The molecule has 34 heavy (non-hydrogen) atoms. The van der Waals surface area contributed by atoms with E-state index in [0.29, 0.717) is 23.1 Å². The quantitative estimate of drug-likeness (QED) is 0.544. The van der Waals surface area contributed by atoms with Gasteiger partial charge < -0.3 is 20.1 Å². The van der Waals surface area contributed by atoms with Gasteiger partial charge in [-0.05, 0) is 69.9 Å². The molecule has 1 saturated carbocycles. The summed E-state index contributed by atoms with van der Waals surface area (Å²) in [6.07, 6.45) is 8.41. The zero-order valence-corrected chi connectivity index (χ0v) is 20.4. The summed E-state index contributed by atoms with van der Waals surface area (Å²) in [6, 6.07) is 9.51. The molecule has 2 atom stereocenters. The number of nitrogens with one attached hydrogen (secondary N) is 1. The number of amides is 1. The largest absolute Gasteiger partial charge is 0.457 e. The fourth-order valence-electron chi connectivity index (χ4n) is 4.90. The number of nitrogens with zero attached hydrogens (tertiary/aromatic N) is 3. The van der Waals surface area contributed by atoms with Crippen LogP contribution in [0, 0.1) is 5.92 Å². The minimum absolute atomic E-state index is 0.160. The molecule has 2 aliphatic rings. The zero-order chi connectivity index (χ0) is 23.5. The number of aromatic nitrogens is 2. The van der Waals surface area contributed by atoms with Crippen LogP contribution in [-0.4, -0.2) is 58.2 Å². The van der Waals surface area contributed by atoms with E-state index in [1.807, 2.05) is 18.2 Å². The number of likely N-dealkylation sites (tertiary alicyclic amines) is 1. The lowest BCUT2D eigenvalue weighted by molar-refractivity contribution is 0.0700. The third-order valence-electron chi connectivity index (χ3n) is 6.96. The van der Waals surface area contributed by atoms with Crippen LogP contribution in [0.2, 0.25) is 0 Å². The van der Waals surface area contributed by atoms with Gasteiger partial charge in [-0.1, -0.05) is 12.8 Å². The van der Waals surface area contributed by atoms with Gasteiger partial charge in [0.25, 0.3) is 5.91 Å². The first-order valence-corrected chi connectivity index (χ1v) is 13.1. The Morgan fingerprint density at radius 2 is 1.94 bits per heavy atom. The Balaban J connectivity index is 1.24. The van der Waals surface area contributed by atoms with Gasteiger partial charge in [-0.3, -0.25) is 9.78 Å². The molecule has 8 heteroatoms. The smallest absolute Gasteiger partial charge is 0.270 e. The Bertz CT molecular complexity index is 1140. The maximum atomic E-state index is 12.7. The summed E-state index contributed by atoms with van der Waals surface area (Å²) in [6.45, 7) is 1.98. The predicted octanol–water partition coefficient (Wildman–Crippen LogP) is 4.40. The summed E-state index contributed by atoms with van der Waals surface area (Å²) in [7, 11) is 2.10. The average molecular weight is 481 g/mol. The van der Waals surface area contributed by atoms with E-state index in [1.165, 1.54) is 6.42 Å². The van der Waals surface area contributed by atoms with Crippen LogP contribution in [0.4, 0.5) is 0 Å². The first-order chi connectivity index (χ1) is 16.5. The maximum absolute atomic E-state index is 12.7. The number of fused-ring (bicyclic) bond motifs is 1. The van der Waals surface area contributed by atoms with Crippen LogP contribution < -0.4 is 10.1 Å². The van der Waals surface area contributed by atoms with Gasteiger partial charge in [0, 0.05) is 30.8 Å². The molecule has 2 aromatic heterocycles. The maximum Gasteiger partial charge on any atom is 0.270 e. The summed E-state index contributed by atoms with van der Waals surface area (Å²) in [4.78, 5) is 24.0. The molecular formula is C26H32N4O3S. The number of pyridine rings is 1. The molecular weight excluding hydrogens is 448 g/mol. The van der Waals surface area contributed by atoms with Gasteiger partial charge in [-0.25, -0.2) is 4.98 Å². The Hall–Kier alpha value is -2.55. The van der Waals surface area contributed by atoms with Gasteiger partial charge in [0.1, 0.15) is 17.2 Å². The van der Waals surface area contributed by atoms with Crippen molar-refractivity contribution in [3.8, 4) is 11.5 Å². The van der Waals surface area contributed by atoms with Crippen molar-refractivity contribution in [3.05, 3.63) is 47.2 Å². The van der Waals surface area contributed by atoms with E-state index < -0.39 is 0 Å². The second kappa shape index (κ2) is 10.4. The highest BCUT2D eigenvalue weighted by Crippen LogP contribution is 2.33. The number of piperidine rings is 1. The normalized spacial score (nSPS) is 22.1. The molecule has 1 aliphatic carbocycles. The fourth-order valence-corrected chi connectivity index (χ4v) is 5.99. The third-order valence-corrected chi connectivity index (χ3v) is 8.00. The molecule has 7 nitrogen and oxygen atoms in total. The van der Waals surface area contributed by atoms with Crippen molar-refractivity contribution in [2.45, 2.75) is 57.1 Å². The van der Waals surface area contributed by atoms with Crippen molar-refractivity contribution in [3.63, 3.8) is 0 Å². The van der Waals surface area contributed by atoms with Crippen LogP contribution in [0.1, 0.15) is 54.0 Å². The predicted molar refractivity (Wildman–Crippen MR) is 134 cm³/mol. The standard InChI is InChI=1S/C26H32N4O3S/c1-30-12-9-18(10-13-30)28-26(32)22-15-20(8-11-27-22)33-19-6-7-21-24(16-19)34-25(29-21)14-17-4-2-3-5-23(17)31/h6-8,11,15-18,23,31H,2-5,9-10,12-14H2,1H3,(H,28,32)/t17-,23+/m0/s1. The van der Waals surface area contributed by atoms with Gasteiger partial charge in [0.05, 0.1) is 21.3 Å². The summed E-state index contributed by atoms with van der Waals surface area (Å²) < 4.78 is 7.13. The highest BCUT2D eigenvalue weighted by atomic mass is 32.1. The highest BCUT2D eigenvalue weighted by Gasteiger charge is 2.24. The van der Waals surface area contributed by atoms with E-state index in [1.54, 1.807) is 29.7 Å². The van der Waals surface area contributed by atoms with Crippen molar-refractivity contribution in [1.29, 1.82) is 0 Å². The number of aliphatic hydroxyl groups excluding tert-OH is 1. The van der Waals surface area contributed by atoms with Crippen molar-refractivity contribution < 1.29 is 14.6 Å². The van der Waals surface area contributed by atoms with Crippen LogP contribution >= 0.6 is 11.3 Å². The number of aliphatic hydroxyl groups is 1. The van der Waals surface area contributed by atoms with Gasteiger partial charge >= 0.3 is 0 Å². The van der Waals surface area contributed by atoms with Crippen molar-refractivity contribution in [2.24, 2.45) is 5.92 Å². The minimum atomic E-state index is -0.211. The first kappa shape index (κ1) is 23.2. The highest BCUT2D eigenvalue weighted by molar-refractivity contribution is 7.18. The van der Waals surface area contributed by atoms with Crippen LogP contribution in [0.3, 0.4) is 0 Å². The van der Waals surface area contributed by atoms with E-state index >= 15 is 0 Å².